The zero-order valence-electron chi connectivity index (χ0n) is 26.3. The van der Waals surface area contributed by atoms with Crippen LogP contribution in [0.2, 0.25) is 0 Å². The molecule has 1 saturated heterocycles. The lowest BCUT2D eigenvalue weighted by Gasteiger charge is -2.38. The Hall–Kier alpha value is -4.25. The average molecular weight is 626 g/mol. The highest BCUT2D eigenvalue weighted by Crippen LogP contribution is 2.39. The van der Waals surface area contributed by atoms with Crippen molar-refractivity contribution in [3.8, 4) is 16.9 Å². The van der Waals surface area contributed by atoms with Crippen molar-refractivity contribution in [3.63, 3.8) is 0 Å². The van der Waals surface area contributed by atoms with Crippen molar-refractivity contribution >= 4 is 6.03 Å². The molecule has 9 nitrogen and oxygen atoms in total. The van der Waals surface area contributed by atoms with E-state index in [0.717, 1.165) is 33.4 Å². The lowest BCUT2D eigenvalue weighted by Crippen LogP contribution is -2.39. The number of phenolic OH excluding ortho intramolecular Hbond substituents is 1. The van der Waals surface area contributed by atoms with Gasteiger partial charge in [-0.3, -0.25) is 0 Å². The molecule has 9 heteroatoms. The smallest absolute Gasteiger partial charge is 0.315 e. The summed E-state index contributed by atoms with van der Waals surface area (Å²) < 4.78 is 13.1. The fraction of sp³-hybridized carbons (Fsp3) is 0.324. The van der Waals surface area contributed by atoms with E-state index in [9.17, 15) is 20.1 Å². The molecular formula is C37H43N3O6. The molecule has 0 saturated carbocycles. The van der Waals surface area contributed by atoms with Gasteiger partial charge in [-0.2, -0.15) is 0 Å². The number of urea groups is 1. The number of hydrogen-bond acceptors (Lipinski definition) is 7. The van der Waals surface area contributed by atoms with Crippen molar-refractivity contribution < 1.29 is 29.6 Å². The Balaban J connectivity index is 1.32. The SMILES string of the molecule is CCNC(=O)NCc1ccccc1-c1ccc([C@@H]2O[C@H](CN(C)C[C@@H](O)c3cccc(O)c3)C[C@H](c3ccc(CO)cc3)O2)cc1. The number of aliphatic hydroxyl groups is 2. The Bertz CT molecular complexity index is 1560. The van der Waals surface area contributed by atoms with Crippen LogP contribution in [0, 0.1) is 0 Å². The number of carbonyl (C=O) groups is 1. The van der Waals surface area contributed by atoms with Crippen LogP contribution < -0.4 is 10.6 Å². The van der Waals surface area contributed by atoms with Crippen LogP contribution >= 0.6 is 0 Å². The van der Waals surface area contributed by atoms with Gasteiger partial charge in [0.05, 0.1) is 24.9 Å². The first-order chi connectivity index (χ1) is 22.3. The van der Waals surface area contributed by atoms with Crippen molar-refractivity contribution in [3.05, 3.63) is 125 Å². The fourth-order valence-corrected chi connectivity index (χ4v) is 5.76. The summed E-state index contributed by atoms with van der Waals surface area (Å²) in [4.78, 5) is 14.0. The van der Waals surface area contributed by atoms with E-state index in [0.29, 0.717) is 38.2 Å². The number of amides is 2. The highest BCUT2D eigenvalue weighted by molar-refractivity contribution is 5.74. The zero-order valence-corrected chi connectivity index (χ0v) is 26.3. The molecule has 46 heavy (non-hydrogen) atoms. The number of benzene rings is 4. The van der Waals surface area contributed by atoms with E-state index in [4.69, 9.17) is 9.47 Å². The van der Waals surface area contributed by atoms with Gasteiger partial charge < -0.3 is 40.3 Å². The molecule has 0 bridgehead atoms. The summed E-state index contributed by atoms with van der Waals surface area (Å²) in [7, 11) is 1.94. The number of phenols is 1. The molecule has 242 valence electrons. The minimum absolute atomic E-state index is 0.0239. The van der Waals surface area contributed by atoms with Crippen LogP contribution in [0.1, 0.15) is 59.7 Å². The van der Waals surface area contributed by atoms with E-state index in [-0.39, 0.29) is 30.6 Å². The molecule has 0 aliphatic carbocycles. The number of nitrogens with zero attached hydrogens (tertiary/aromatic N) is 1. The number of ether oxygens (including phenoxy) is 2. The maximum absolute atomic E-state index is 12.0. The number of nitrogens with one attached hydrogen (secondary N) is 2. The molecular weight excluding hydrogens is 582 g/mol. The van der Waals surface area contributed by atoms with Crippen molar-refractivity contribution in [1.82, 2.24) is 15.5 Å². The first-order valence-electron chi connectivity index (χ1n) is 15.7. The van der Waals surface area contributed by atoms with Gasteiger partial charge in [0, 0.05) is 38.2 Å². The van der Waals surface area contributed by atoms with Gasteiger partial charge in [-0.15, -0.1) is 0 Å². The van der Waals surface area contributed by atoms with Crippen LogP contribution in [0.3, 0.4) is 0 Å². The summed E-state index contributed by atoms with van der Waals surface area (Å²) in [5.41, 5.74) is 6.43. The highest BCUT2D eigenvalue weighted by atomic mass is 16.7. The van der Waals surface area contributed by atoms with E-state index in [2.05, 4.69) is 10.6 Å². The summed E-state index contributed by atoms with van der Waals surface area (Å²) in [5.74, 6) is 0.121. The van der Waals surface area contributed by atoms with Crippen LogP contribution in [0.5, 0.6) is 5.75 Å². The van der Waals surface area contributed by atoms with Crippen LogP contribution in [0.15, 0.2) is 97.1 Å². The zero-order chi connectivity index (χ0) is 32.5. The number of aliphatic hydroxyl groups excluding tert-OH is 2. The van der Waals surface area contributed by atoms with Crippen molar-refractivity contribution in [2.24, 2.45) is 0 Å². The molecule has 4 aromatic carbocycles. The van der Waals surface area contributed by atoms with Gasteiger partial charge in [-0.1, -0.05) is 84.9 Å². The molecule has 1 fully saturated rings. The monoisotopic (exact) mass is 625 g/mol. The van der Waals surface area contributed by atoms with Crippen LogP contribution in [-0.2, 0) is 22.6 Å². The molecule has 0 spiro atoms. The minimum Gasteiger partial charge on any atom is -0.508 e. The summed E-state index contributed by atoms with van der Waals surface area (Å²) in [6.45, 7) is 3.76. The minimum atomic E-state index is -0.763. The third kappa shape index (κ3) is 8.72. The summed E-state index contributed by atoms with van der Waals surface area (Å²) in [6, 6.07) is 30.4. The molecule has 4 atom stereocenters. The lowest BCUT2D eigenvalue weighted by molar-refractivity contribution is -0.252. The number of aromatic hydroxyl groups is 1. The summed E-state index contributed by atoms with van der Waals surface area (Å²) >= 11 is 0. The Kier molecular flexibility index (Phi) is 11.4. The number of rotatable bonds is 12. The average Bonchev–Trinajstić information content (AvgIpc) is 3.07. The van der Waals surface area contributed by atoms with E-state index in [1.54, 1.807) is 24.3 Å². The molecule has 1 aliphatic rings. The first kappa shape index (κ1) is 33.1. The molecule has 1 heterocycles. The molecule has 4 aromatic rings. The largest absolute Gasteiger partial charge is 0.508 e. The van der Waals surface area contributed by atoms with Crippen LogP contribution in [0.4, 0.5) is 4.79 Å². The third-order valence-electron chi connectivity index (χ3n) is 8.16. The maximum Gasteiger partial charge on any atom is 0.315 e. The van der Waals surface area contributed by atoms with E-state index in [1.165, 1.54) is 0 Å². The van der Waals surface area contributed by atoms with Crippen LogP contribution in [0.25, 0.3) is 11.1 Å². The molecule has 0 radical (unpaired) electrons. The molecule has 0 aromatic heterocycles. The van der Waals surface area contributed by atoms with Gasteiger partial charge in [0.2, 0.25) is 0 Å². The summed E-state index contributed by atoms with van der Waals surface area (Å²) in [5, 5.41) is 35.8. The second kappa shape index (κ2) is 15.8. The molecule has 5 rings (SSSR count). The Morgan fingerprint density at radius 2 is 1.67 bits per heavy atom. The van der Waals surface area contributed by atoms with Crippen molar-refractivity contribution in [2.75, 3.05) is 26.7 Å². The second-order valence-electron chi connectivity index (χ2n) is 11.7. The molecule has 1 aliphatic heterocycles. The maximum atomic E-state index is 12.0. The predicted octanol–water partition coefficient (Wildman–Crippen LogP) is 5.58. The third-order valence-corrected chi connectivity index (χ3v) is 8.16. The summed E-state index contributed by atoms with van der Waals surface area (Å²) in [6.07, 6.45) is -1.19. The number of carbonyl (C=O) groups excluding carboxylic acids is 1. The van der Waals surface area contributed by atoms with E-state index < -0.39 is 12.4 Å². The topological polar surface area (TPSA) is 124 Å². The van der Waals surface area contributed by atoms with E-state index >= 15 is 0 Å². The number of likely N-dealkylation sites (N-methyl/N-ethyl adjacent to an activating group) is 1. The molecule has 0 unspecified atom stereocenters. The Labute approximate surface area is 270 Å². The van der Waals surface area contributed by atoms with E-state index in [1.807, 2.05) is 91.7 Å². The van der Waals surface area contributed by atoms with Gasteiger partial charge in [0.15, 0.2) is 6.29 Å². The molecule has 2 amide bonds. The van der Waals surface area contributed by atoms with Gasteiger partial charge in [-0.05, 0) is 59.5 Å². The predicted molar refractivity (Wildman–Crippen MR) is 177 cm³/mol. The van der Waals surface area contributed by atoms with Crippen molar-refractivity contribution in [1.29, 1.82) is 0 Å². The molecule has 5 N–H and O–H groups in total. The van der Waals surface area contributed by atoms with Gasteiger partial charge in [0.25, 0.3) is 0 Å². The second-order valence-corrected chi connectivity index (χ2v) is 11.7. The van der Waals surface area contributed by atoms with Gasteiger partial charge in [0.1, 0.15) is 5.75 Å². The van der Waals surface area contributed by atoms with Gasteiger partial charge >= 0.3 is 6.03 Å². The van der Waals surface area contributed by atoms with Gasteiger partial charge in [-0.25, -0.2) is 4.79 Å². The van der Waals surface area contributed by atoms with Crippen molar-refractivity contribution in [2.45, 2.75) is 51.1 Å². The van der Waals surface area contributed by atoms with Crippen LogP contribution in [-0.4, -0.2) is 59.0 Å². The number of hydrogen-bond donors (Lipinski definition) is 5. The normalized spacial score (nSPS) is 18.7. The standard InChI is InChI=1S/C37H43N3O6/c1-3-38-37(44)39-21-30-7-4-5-10-33(30)26-15-17-28(18-16-26)36-45-32(20-35(46-36)27-13-11-25(24-41)12-14-27)22-40(2)23-34(43)29-8-6-9-31(42)19-29/h4-19,32,34-36,41-43H,3,20-24H2,1-2H3,(H2,38,39,44)/t32-,34+,35+,36+/m0/s1. The Morgan fingerprint density at radius 3 is 2.39 bits per heavy atom. The highest BCUT2D eigenvalue weighted by Gasteiger charge is 2.33. The fourth-order valence-electron chi connectivity index (χ4n) is 5.76. The lowest BCUT2D eigenvalue weighted by atomic mass is 9.97. The quantitative estimate of drug-likeness (QED) is 0.139. The Morgan fingerprint density at radius 1 is 0.935 bits per heavy atom. The first-order valence-corrected chi connectivity index (χ1v) is 15.7.